The number of Topliss-reactive ketones (excluding diaryl/α,β-unsaturated/α-hetero) is 1. The molecule has 0 unspecified atom stereocenters. The smallest absolute Gasteiger partial charge is 0.141 e. The molecule has 0 spiro atoms. The lowest BCUT2D eigenvalue weighted by atomic mass is 9.76. The zero-order chi connectivity index (χ0) is 11.0. The highest BCUT2D eigenvalue weighted by Gasteiger charge is 2.39. The highest BCUT2D eigenvalue weighted by molar-refractivity contribution is 5.85. The molecule has 0 N–H and O–H groups in total. The molecular formula is C13H21NO2. The van der Waals surface area contributed by atoms with Gasteiger partial charge in [-0.05, 0) is 25.7 Å². The molecule has 16 heavy (non-hydrogen) atoms. The van der Waals surface area contributed by atoms with Crippen molar-refractivity contribution in [1.29, 1.82) is 0 Å². The molecule has 0 aromatic rings. The van der Waals surface area contributed by atoms with E-state index in [1.165, 1.54) is 6.42 Å². The van der Waals surface area contributed by atoms with Crippen LogP contribution < -0.4 is 0 Å². The van der Waals surface area contributed by atoms with Crippen LogP contribution in [0.1, 0.15) is 32.1 Å². The van der Waals surface area contributed by atoms with Gasteiger partial charge >= 0.3 is 0 Å². The van der Waals surface area contributed by atoms with Gasteiger partial charge in [0.1, 0.15) is 5.78 Å². The Morgan fingerprint density at radius 1 is 1.00 bits per heavy atom. The van der Waals surface area contributed by atoms with Crippen molar-refractivity contribution in [2.75, 3.05) is 26.3 Å². The highest BCUT2D eigenvalue weighted by Crippen LogP contribution is 2.33. The van der Waals surface area contributed by atoms with Gasteiger partial charge in [-0.15, -0.1) is 0 Å². The molecule has 2 heterocycles. The Hall–Kier alpha value is -0.410. The van der Waals surface area contributed by atoms with E-state index in [0.717, 1.165) is 52.0 Å². The number of likely N-dealkylation sites (tertiary alicyclic amines) is 1. The number of carbonyl (C=O) groups excluding carboxylic acids is 1. The van der Waals surface area contributed by atoms with Crippen LogP contribution in [0.2, 0.25) is 0 Å². The van der Waals surface area contributed by atoms with E-state index in [1.54, 1.807) is 0 Å². The van der Waals surface area contributed by atoms with Crippen LogP contribution >= 0.6 is 0 Å². The zero-order valence-corrected chi connectivity index (χ0v) is 9.86. The van der Waals surface area contributed by atoms with E-state index < -0.39 is 0 Å². The lowest BCUT2D eigenvalue weighted by Gasteiger charge is -2.44. The molecule has 3 nitrogen and oxygen atoms in total. The third kappa shape index (κ3) is 1.91. The van der Waals surface area contributed by atoms with Crippen molar-refractivity contribution in [3.63, 3.8) is 0 Å². The van der Waals surface area contributed by atoms with Crippen molar-refractivity contribution in [3.05, 3.63) is 0 Å². The number of rotatable bonds is 1. The SMILES string of the molecule is O=C1[C@@H]2CCC[C@H]1CN(C1CCOCC1)C2. The molecule has 2 saturated heterocycles. The molecule has 0 aromatic heterocycles. The van der Waals surface area contributed by atoms with Gasteiger partial charge in [-0.2, -0.15) is 0 Å². The molecule has 2 bridgehead atoms. The zero-order valence-electron chi connectivity index (χ0n) is 9.86. The van der Waals surface area contributed by atoms with Gasteiger partial charge < -0.3 is 4.74 Å². The standard InChI is InChI=1S/C13H21NO2/c15-13-10-2-1-3-11(13)9-14(8-10)12-4-6-16-7-5-12/h10-12H,1-9H2/t10-,11+. The summed E-state index contributed by atoms with van der Waals surface area (Å²) >= 11 is 0. The van der Waals surface area contributed by atoms with Crippen molar-refractivity contribution in [2.24, 2.45) is 11.8 Å². The monoisotopic (exact) mass is 223 g/mol. The van der Waals surface area contributed by atoms with Crippen LogP contribution in [0.3, 0.4) is 0 Å². The largest absolute Gasteiger partial charge is 0.381 e. The van der Waals surface area contributed by atoms with E-state index in [-0.39, 0.29) is 0 Å². The minimum Gasteiger partial charge on any atom is -0.381 e. The van der Waals surface area contributed by atoms with Crippen LogP contribution in [0.4, 0.5) is 0 Å². The summed E-state index contributed by atoms with van der Waals surface area (Å²) in [5.41, 5.74) is 0. The van der Waals surface area contributed by atoms with Gasteiger partial charge in [0, 0.05) is 44.2 Å². The second kappa shape index (κ2) is 4.46. The van der Waals surface area contributed by atoms with E-state index in [2.05, 4.69) is 4.90 Å². The molecule has 3 fully saturated rings. The fraction of sp³-hybridized carbons (Fsp3) is 0.923. The number of piperidine rings is 1. The van der Waals surface area contributed by atoms with Crippen LogP contribution in [0.25, 0.3) is 0 Å². The van der Waals surface area contributed by atoms with E-state index >= 15 is 0 Å². The van der Waals surface area contributed by atoms with E-state index in [9.17, 15) is 4.79 Å². The average Bonchev–Trinajstić information content (AvgIpc) is 2.30. The Balaban J connectivity index is 1.67. The second-order valence-corrected chi connectivity index (χ2v) is 5.52. The molecule has 3 rings (SSSR count). The summed E-state index contributed by atoms with van der Waals surface area (Å²) in [4.78, 5) is 14.6. The summed E-state index contributed by atoms with van der Waals surface area (Å²) in [6.45, 7) is 3.87. The molecule has 0 aromatic carbocycles. The minimum atomic E-state index is 0.357. The summed E-state index contributed by atoms with van der Waals surface area (Å²) in [6, 6.07) is 0.685. The van der Waals surface area contributed by atoms with Crippen molar-refractivity contribution < 1.29 is 9.53 Å². The number of nitrogens with zero attached hydrogens (tertiary/aromatic N) is 1. The lowest BCUT2D eigenvalue weighted by Crippen LogP contribution is -2.53. The highest BCUT2D eigenvalue weighted by atomic mass is 16.5. The van der Waals surface area contributed by atoms with Crippen LogP contribution in [0.5, 0.6) is 0 Å². The minimum absolute atomic E-state index is 0.357. The van der Waals surface area contributed by atoms with Gasteiger partial charge in [-0.1, -0.05) is 6.42 Å². The van der Waals surface area contributed by atoms with Crippen molar-refractivity contribution in [2.45, 2.75) is 38.1 Å². The van der Waals surface area contributed by atoms with Crippen molar-refractivity contribution in [1.82, 2.24) is 4.90 Å². The molecule has 2 aliphatic heterocycles. The Bertz CT molecular complexity index is 257. The number of ether oxygens (including phenoxy) is 1. The van der Waals surface area contributed by atoms with Crippen LogP contribution in [-0.2, 0) is 9.53 Å². The van der Waals surface area contributed by atoms with Gasteiger partial charge in [-0.25, -0.2) is 0 Å². The fourth-order valence-corrected chi connectivity index (χ4v) is 3.58. The van der Waals surface area contributed by atoms with Crippen LogP contribution in [0.15, 0.2) is 0 Å². The molecule has 1 saturated carbocycles. The number of ketones is 1. The first kappa shape index (κ1) is 10.7. The third-order valence-corrected chi connectivity index (χ3v) is 4.53. The van der Waals surface area contributed by atoms with Gasteiger partial charge in [0.2, 0.25) is 0 Å². The molecule has 3 aliphatic rings. The Labute approximate surface area is 97.1 Å². The topological polar surface area (TPSA) is 29.5 Å². The Kier molecular flexibility index (Phi) is 2.99. The van der Waals surface area contributed by atoms with E-state index in [1.807, 2.05) is 0 Å². The normalized spacial score (nSPS) is 37.6. The summed E-state index contributed by atoms with van der Waals surface area (Å²) < 4.78 is 5.41. The first-order valence-corrected chi connectivity index (χ1v) is 6.70. The first-order valence-electron chi connectivity index (χ1n) is 6.70. The number of hydrogen-bond acceptors (Lipinski definition) is 3. The predicted molar refractivity (Wildman–Crippen MR) is 61.3 cm³/mol. The van der Waals surface area contributed by atoms with Gasteiger partial charge in [0.25, 0.3) is 0 Å². The maximum absolute atomic E-state index is 12.0. The van der Waals surface area contributed by atoms with E-state index in [4.69, 9.17) is 4.74 Å². The molecule has 3 heteroatoms. The quantitative estimate of drug-likeness (QED) is 0.674. The van der Waals surface area contributed by atoms with Crippen LogP contribution in [-0.4, -0.2) is 43.0 Å². The summed E-state index contributed by atoms with van der Waals surface area (Å²) in [5.74, 6) is 1.28. The summed E-state index contributed by atoms with van der Waals surface area (Å²) in [5, 5.41) is 0. The fourth-order valence-electron chi connectivity index (χ4n) is 3.58. The van der Waals surface area contributed by atoms with Gasteiger partial charge in [-0.3, -0.25) is 9.69 Å². The molecule has 90 valence electrons. The summed E-state index contributed by atoms with van der Waals surface area (Å²) in [7, 11) is 0. The maximum Gasteiger partial charge on any atom is 0.141 e. The maximum atomic E-state index is 12.0. The first-order chi connectivity index (χ1) is 7.84. The van der Waals surface area contributed by atoms with Gasteiger partial charge in [0.05, 0.1) is 0 Å². The Morgan fingerprint density at radius 2 is 1.62 bits per heavy atom. The summed E-state index contributed by atoms with van der Waals surface area (Å²) in [6.07, 6.45) is 5.86. The average molecular weight is 223 g/mol. The lowest BCUT2D eigenvalue weighted by molar-refractivity contribution is -0.136. The predicted octanol–water partition coefficient (Wildman–Crippen LogP) is 1.47. The van der Waals surface area contributed by atoms with Crippen molar-refractivity contribution in [3.8, 4) is 0 Å². The Morgan fingerprint density at radius 3 is 2.25 bits per heavy atom. The molecule has 1 aliphatic carbocycles. The number of carbonyl (C=O) groups is 1. The van der Waals surface area contributed by atoms with Crippen molar-refractivity contribution >= 4 is 5.78 Å². The number of hydrogen-bond donors (Lipinski definition) is 0. The van der Waals surface area contributed by atoms with E-state index in [0.29, 0.717) is 23.7 Å². The molecular weight excluding hydrogens is 202 g/mol. The number of fused-ring (bicyclic) bond motifs is 2. The third-order valence-electron chi connectivity index (χ3n) is 4.53. The van der Waals surface area contributed by atoms with Gasteiger partial charge in [0.15, 0.2) is 0 Å². The molecule has 0 radical (unpaired) electrons. The van der Waals surface area contributed by atoms with Crippen LogP contribution in [0, 0.1) is 11.8 Å². The molecule has 0 amide bonds. The molecule has 2 atom stereocenters. The second-order valence-electron chi connectivity index (χ2n) is 5.52.